The first-order valence-electron chi connectivity index (χ1n) is 12.3. The van der Waals surface area contributed by atoms with E-state index >= 15 is 0 Å². The Morgan fingerprint density at radius 1 is 1.29 bits per heavy atom. The van der Waals surface area contributed by atoms with Crippen LogP contribution in [0, 0.1) is 29.1 Å². The largest absolute Gasteiger partial charge is 0.442 e. The molecule has 5 atom stereocenters. The lowest BCUT2D eigenvalue weighted by Gasteiger charge is -2.34. The van der Waals surface area contributed by atoms with Gasteiger partial charge in [-0.2, -0.15) is 0 Å². The van der Waals surface area contributed by atoms with Gasteiger partial charge in [0, 0.05) is 13.1 Å². The number of nitrogens with two attached hydrogens (primary N) is 1. The molecule has 0 aromatic heterocycles. The number of amides is 4. The van der Waals surface area contributed by atoms with Crippen molar-refractivity contribution in [1.82, 2.24) is 20.7 Å². The summed E-state index contributed by atoms with van der Waals surface area (Å²) in [5, 5.41) is 3.83. The summed E-state index contributed by atoms with van der Waals surface area (Å²) < 4.78 is 5.48. The number of hydrogen-bond donors (Lipinski definition) is 3. The predicted octanol–water partition coefficient (Wildman–Crippen LogP) is 1.25. The lowest BCUT2D eigenvalue weighted by molar-refractivity contribution is -0.143. The number of ether oxygens (including phenoxy) is 1. The van der Waals surface area contributed by atoms with Crippen molar-refractivity contribution in [3.63, 3.8) is 0 Å². The van der Waals surface area contributed by atoms with Gasteiger partial charge in [-0.15, -0.1) is 0 Å². The van der Waals surface area contributed by atoms with Crippen LogP contribution in [-0.4, -0.2) is 71.0 Å². The second kappa shape index (κ2) is 9.36. The number of nitrogens with one attached hydrogen (secondary N) is 2. The number of hydrazine groups is 1. The second-order valence-electron chi connectivity index (χ2n) is 12.0. The van der Waals surface area contributed by atoms with Gasteiger partial charge in [-0.25, -0.2) is 9.80 Å². The van der Waals surface area contributed by atoms with Crippen LogP contribution in [-0.2, 0) is 19.1 Å². The zero-order valence-corrected chi connectivity index (χ0v) is 21.5. The molecule has 4 N–H and O–H groups in total. The zero-order valence-electron chi connectivity index (χ0n) is 21.5. The molecule has 4 amide bonds. The molecular formula is C24H41N5O5. The summed E-state index contributed by atoms with van der Waals surface area (Å²) in [4.78, 5) is 53.4. The van der Waals surface area contributed by atoms with E-state index in [2.05, 4.69) is 24.6 Å². The summed E-state index contributed by atoms with van der Waals surface area (Å²) in [6, 6.07) is -1.41. The van der Waals surface area contributed by atoms with Gasteiger partial charge in [0.15, 0.2) is 0 Å². The molecule has 192 valence electrons. The minimum Gasteiger partial charge on any atom is -0.442 e. The van der Waals surface area contributed by atoms with Crippen LogP contribution in [0.15, 0.2) is 0 Å². The molecule has 0 radical (unpaired) electrons. The summed E-state index contributed by atoms with van der Waals surface area (Å²) in [6.45, 7) is 14.4. The van der Waals surface area contributed by atoms with E-state index in [1.807, 2.05) is 13.8 Å². The molecule has 0 aromatic rings. The van der Waals surface area contributed by atoms with E-state index in [-0.39, 0.29) is 41.5 Å². The number of hydrogen-bond acceptors (Lipinski definition) is 6. The van der Waals surface area contributed by atoms with Crippen molar-refractivity contribution in [2.75, 3.05) is 19.6 Å². The van der Waals surface area contributed by atoms with E-state index in [0.717, 1.165) is 5.01 Å². The summed E-state index contributed by atoms with van der Waals surface area (Å²) in [7, 11) is 0. The van der Waals surface area contributed by atoms with Crippen molar-refractivity contribution in [2.45, 2.75) is 79.0 Å². The molecule has 2 heterocycles. The lowest BCUT2D eigenvalue weighted by atomic mass is 9.98. The highest BCUT2D eigenvalue weighted by Crippen LogP contribution is 2.64. The Morgan fingerprint density at radius 3 is 2.47 bits per heavy atom. The zero-order chi connectivity index (χ0) is 25.6. The Hall–Kier alpha value is -2.36. The van der Waals surface area contributed by atoms with E-state index in [1.54, 1.807) is 25.7 Å². The average molecular weight is 480 g/mol. The predicted molar refractivity (Wildman–Crippen MR) is 126 cm³/mol. The number of carbonyl (C=O) groups is 4. The van der Waals surface area contributed by atoms with Gasteiger partial charge in [-0.05, 0) is 56.8 Å². The molecule has 0 aromatic carbocycles. The fourth-order valence-electron chi connectivity index (χ4n) is 5.36. The van der Waals surface area contributed by atoms with Crippen molar-refractivity contribution in [2.24, 2.45) is 34.8 Å². The highest BCUT2D eigenvalue weighted by atomic mass is 16.6. The minimum absolute atomic E-state index is 0.00248. The number of piperidine rings is 1. The SMILES string of the molecule is CC(C)CC(N)C(=O)N1C[C@H]2[C@@H]([C@H]1C(=O)NN(C[C@@H]1CCNC1=O)C(=O)OC(C)(C)C)C2(C)C. The first-order valence-corrected chi connectivity index (χ1v) is 12.3. The number of likely N-dealkylation sites (tertiary alicyclic amines) is 1. The molecule has 0 spiro atoms. The molecule has 1 saturated carbocycles. The number of nitrogens with zero attached hydrogens (tertiary/aromatic N) is 2. The van der Waals surface area contributed by atoms with Gasteiger partial charge < -0.3 is 20.7 Å². The van der Waals surface area contributed by atoms with E-state index in [0.29, 0.717) is 25.9 Å². The molecule has 1 aliphatic carbocycles. The molecule has 10 nitrogen and oxygen atoms in total. The summed E-state index contributed by atoms with van der Waals surface area (Å²) >= 11 is 0. The fraction of sp³-hybridized carbons (Fsp3) is 0.833. The van der Waals surface area contributed by atoms with Crippen molar-refractivity contribution in [1.29, 1.82) is 0 Å². The highest BCUT2D eigenvalue weighted by molar-refractivity contribution is 5.92. The van der Waals surface area contributed by atoms with Gasteiger partial charge in [-0.1, -0.05) is 27.7 Å². The molecule has 2 saturated heterocycles. The van der Waals surface area contributed by atoms with Crippen LogP contribution in [0.4, 0.5) is 4.79 Å². The highest BCUT2D eigenvalue weighted by Gasteiger charge is 2.69. The van der Waals surface area contributed by atoms with Crippen LogP contribution in [0.1, 0.15) is 61.3 Å². The van der Waals surface area contributed by atoms with Gasteiger partial charge in [0.1, 0.15) is 11.6 Å². The minimum atomic E-state index is -0.777. The van der Waals surface area contributed by atoms with Crippen LogP contribution in [0.25, 0.3) is 0 Å². The van der Waals surface area contributed by atoms with Crippen molar-refractivity contribution >= 4 is 23.8 Å². The monoisotopic (exact) mass is 479 g/mol. The fourth-order valence-corrected chi connectivity index (χ4v) is 5.36. The van der Waals surface area contributed by atoms with E-state index in [9.17, 15) is 19.2 Å². The van der Waals surface area contributed by atoms with Gasteiger partial charge in [0.25, 0.3) is 5.91 Å². The molecule has 0 bridgehead atoms. The number of carbonyl (C=O) groups excluding carboxylic acids is 4. The second-order valence-corrected chi connectivity index (χ2v) is 12.0. The Labute approximate surface area is 202 Å². The number of fused-ring (bicyclic) bond motifs is 1. The van der Waals surface area contributed by atoms with Crippen LogP contribution in [0.2, 0.25) is 0 Å². The van der Waals surface area contributed by atoms with Crippen molar-refractivity contribution < 1.29 is 23.9 Å². The number of rotatable bonds is 6. The quantitative estimate of drug-likeness (QED) is 0.491. The molecule has 2 aliphatic heterocycles. The van der Waals surface area contributed by atoms with Crippen LogP contribution in [0.3, 0.4) is 0 Å². The first-order chi connectivity index (χ1) is 15.6. The summed E-state index contributed by atoms with van der Waals surface area (Å²) in [6.07, 6.45) is 0.354. The molecule has 3 aliphatic rings. The Bertz CT molecular complexity index is 836. The topological polar surface area (TPSA) is 134 Å². The lowest BCUT2D eigenvalue weighted by Crippen LogP contribution is -2.59. The molecule has 3 fully saturated rings. The van der Waals surface area contributed by atoms with Crippen molar-refractivity contribution in [3.8, 4) is 0 Å². The van der Waals surface area contributed by atoms with E-state index < -0.39 is 35.6 Å². The van der Waals surface area contributed by atoms with Gasteiger partial charge in [0.2, 0.25) is 11.8 Å². The Kier molecular flexibility index (Phi) is 7.22. The Morgan fingerprint density at radius 2 is 1.94 bits per heavy atom. The third-order valence-electron chi connectivity index (χ3n) is 7.23. The smallest absolute Gasteiger partial charge is 0.429 e. The molecule has 3 rings (SSSR count). The van der Waals surface area contributed by atoms with Crippen LogP contribution in [0.5, 0.6) is 0 Å². The van der Waals surface area contributed by atoms with Gasteiger partial charge >= 0.3 is 6.09 Å². The van der Waals surface area contributed by atoms with Gasteiger partial charge in [-0.3, -0.25) is 19.8 Å². The molecular weight excluding hydrogens is 438 g/mol. The normalized spacial score (nSPS) is 28.3. The van der Waals surface area contributed by atoms with Crippen LogP contribution < -0.4 is 16.5 Å². The maximum Gasteiger partial charge on any atom is 0.429 e. The molecule has 1 unspecified atom stereocenters. The molecule has 34 heavy (non-hydrogen) atoms. The third-order valence-corrected chi connectivity index (χ3v) is 7.23. The van der Waals surface area contributed by atoms with Gasteiger partial charge in [0.05, 0.1) is 18.5 Å². The summed E-state index contributed by atoms with van der Waals surface area (Å²) in [5.74, 6) is -0.863. The van der Waals surface area contributed by atoms with E-state index in [1.165, 1.54) is 0 Å². The van der Waals surface area contributed by atoms with Crippen molar-refractivity contribution in [3.05, 3.63) is 0 Å². The summed E-state index contributed by atoms with van der Waals surface area (Å²) in [5.41, 5.74) is 8.02. The maximum atomic E-state index is 13.6. The molecule has 10 heteroatoms. The standard InChI is InChI=1S/C24H41N5O5/c1-13(2)10-16(25)21(32)28-12-15-17(24(15,6)7)18(28)20(31)27-29(22(33)34-23(3,4)5)11-14-8-9-26-19(14)30/h13-18H,8-12,25H2,1-7H3,(H,26,30)(H,27,31)/t14-,15-,16?,17-,18-/m0/s1. The third kappa shape index (κ3) is 5.47. The van der Waals surface area contributed by atoms with E-state index in [4.69, 9.17) is 10.5 Å². The maximum absolute atomic E-state index is 13.6. The van der Waals surface area contributed by atoms with Crippen LogP contribution >= 0.6 is 0 Å². The first kappa shape index (κ1) is 26.2. The average Bonchev–Trinajstić information content (AvgIpc) is 3.06. The Balaban J connectivity index is 1.79.